The largest absolute Gasteiger partial charge is 0.465 e. The van der Waals surface area contributed by atoms with Crippen molar-refractivity contribution >= 4 is 40.8 Å². The molecule has 0 radical (unpaired) electrons. The Labute approximate surface area is 208 Å². The van der Waals surface area contributed by atoms with E-state index in [-0.39, 0.29) is 28.6 Å². The van der Waals surface area contributed by atoms with Crippen LogP contribution in [0.2, 0.25) is 5.02 Å². The fourth-order valence-electron chi connectivity index (χ4n) is 4.21. The van der Waals surface area contributed by atoms with Gasteiger partial charge in [0.05, 0.1) is 24.5 Å². The Morgan fingerprint density at radius 1 is 1.06 bits per heavy atom. The predicted octanol–water partition coefficient (Wildman–Crippen LogP) is 5.16. The first-order valence-corrected chi connectivity index (χ1v) is 11.6. The van der Waals surface area contributed by atoms with Crippen LogP contribution in [0.5, 0.6) is 0 Å². The topological polar surface area (TPSA) is 95.9 Å². The number of aliphatic hydroxyl groups excluding tert-OH is 1. The van der Waals surface area contributed by atoms with Crippen molar-refractivity contribution in [3.05, 3.63) is 93.5 Å². The van der Waals surface area contributed by atoms with Crippen molar-refractivity contribution in [1.29, 1.82) is 0 Å². The van der Waals surface area contributed by atoms with Gasteiger partial charge in [0.1, 0.15) is 0 Å². The van der Waals surface area contributed by atoms with Gasteiger partial charge in [-0.3, -0.25) is 9.59 Å². The molecule has 0 aliphatic carbocycles. The molecule has 0 saturated heterocycles. The highest BCUT2D eigenvalue weighted by Gasteiger charge is 2.28. The molecule has 8 heteroatoms. The van der Waals surface area contributed by atoms with Crippen LogP contribution in [0.1, 0.15) is 61.1 Å². The van der Waals surface area contributed by atoms with Crippen molar-refractivity contribution in [2.24, 2.45) is 0 Å². The molecule has 1 aliphatic heterocycles. The molecule has 4 rings (SSSR count). The van der Waals surface area contributed by atoms with Gasteiger partial charge < -0.3 is 20.1 Å². The van der Waals surface area contributed by atoms with Crippen LogP contribution in [0, 0.1) is 6.92 Å². The summed E-state index contributed by atoms with van der Waals surface area (Å²) >= 11 is 6.12. The Hall–Kier alpha value is -3.68. The number of esters is 1. The summed E-state index contributed by atoms with van der Waals surface area (Å²) in [5, 5.41) is 13.7. The molecule has 1 aliphatic rings. The highest BCUT2D eigenvalue weighted by molar-refractivity contribution is 6.30. The number of anilines is 2. The van der Waals surface area contributed by atoms with E-state index in [1.807, 2.05) is 19.1 Å². The Balaban J connectivity index is 1.69. The number of carbonyl (C=O) groups excluding carboxylic acids is 3. The molecule has 0 saturated carbocycles. The molecule has 7 nitrogen and oxygen atoms in total. The van der Waals surface area contributed by atoms with Crippen molar-refractivity contribution in [1.82, 2.24) is 0 Å². The molecule has 3 aromatic carbocycles. The van der Waals surface area contributed by atoms with E-state index < -0.39 is 12.1 Å². The number of amides is 2. The maximum Gasteiger partial charge on any atom is 0.340 e. The predicted molar refractivity (Wildman–Crippen MR) is 134 cm³/mol. The number of nitrogens with one attached hydrogen (secondary N) is 1. The number of nitrogens with zero attached hydrogens (tertiary/aromatic N) is 1. The van der Waals surface area contributed by atoms with Gasteiger partial charge >= 0.3 is 5.97 Å². The Bertz CT molecular complexity index is 1310. The fourth-order valence-corrected chi connectivity index (χ4v) is 4.39. The third kappa shape index (κ3) is 5.06. The molecule has 1 unspecified atom stereocenters. The lowest BCUT2D eigenvalue weighted by Gasteiger charge is -2.24. The molecule has 0 bridgehead atoms. The van der Waals surface area contributed by atoms with Crippen LogP contribution >= 0.6 is 11.6 Å². The van der Waals surface area contributed by atoms with Crippen molar-refractivity contribution < 1.29 is 24.2 Å². The van der Waals surface area contributed by atoms with E-state index in [4.69, 9.17) is 16.3 Å². The Morgan fingerprint density at radius 2 is 1.83 bits per heavy atom. The minimum atomic E-state index is -0.730. The summed E-state index contributed by atoms with van der Waals surface area (Å²) in [5.41, 5.74) is 2.96. The third-order valence-corrected chi connectivity index (χ3v) is 6.29. The van der Waals surface area contributed by atoms with Gasteiger partial charge in [-0.05, 0) is 67.8 Å². The van der Waals surface area contributed by atoms with Gasteiger partial charge in [0.15, 0.2) is 0 Å². The second-order valence-electron chi connectivity index (χ2n) is 8.34. The summed E-state index contributed by atoms with van der Waals surface area (Å²) in [5.74, 6) is -1.40. The molecular weight excluding hydrogens is 468 g/mol. The van der Waals surface area contributed by atoms with Crippen LogP contribution in [-0.2, 0) is 4.74 Å². The van der Waals surface area contributed by atoms with E-state index >= 15 is 0 Å². The van der Waals surface area contributed by atoms with Crippen LogP contribution in [0.25, 0.3) is 0 Å². The lowest BCUT2D eigenvalue weighted by Crippen LogP contribution is -2.32. The van der Waals surface area contributed by atoms with Gasteiger partial charge in [-0.2, -0.15) is 0 Å². The molecule has 1 atom stereocenters. The van der Waals surface area contributed by atoms with Crippen LogP contribution in [-0.4, -0.2) is 36.5 Å². The van der Waals surface area contributed by atoms with E-state index in [2.05, 4.69) is 5.32 Å². The molecule has 2 amide bonds. The molecule has 0 aromatic heterocycles. The summed E-state index contributed by atoms with van der Waals surface area (Å²) in [6.07, 6.45) is 0.355. The Kier molecular flexibility index (Phi) is 7.19. The molecule has 3 aromatic rings. The number of rotatable bonds is 4. The van der Waals surface area contributed by atoms with Gasteiger partial charge in [0.25, 0.3) is 11.8 Å². The standard InChI is InChI=1S/C27H25ClN2O5/c1-16-6-3-4-7-19(16)25(32)29-22-11-9-17(14-20(22)27(34)35-2)26(33)30-13-5-8-24(31)21-15-18(28)10-12-23(21)30/h3-4,6-7,9-12,14-15,24,31H,5,8,13H2,1-2H3,(H,29,32). The van der Waals surface area contributed by atoms with Gasteiger partial charge in [-0.15, -0.1) is 0 Å². The van der Waals surface area contributed by atoms with E-state index in [0.29, 0.717) is 41.2 Å². The monoisotopic (exact) mass is 492 g/mol. The number of fused-ring (bicyclic) bond motifs is 1. The van der Waals surface area contributed by atoms with Crippen molar-refractivity contribution in [3.63, 3.8) is 0 Å². The van der Waals surface area contributed by atoms with E-state index in [0.717, 1.165) is 5.56 Å². The number of benzene rings is 3. The average Bonchev–Trinajstić information content (AvgIpc) is 3.02. The SMILES string of the molecule is COC(=O)c1cc(C(=O)N2CCCC(O)c3cc(Cl)ccc32)ccc1NC(=O)c1ccccc1C. The first kappa shape index (κ1) is 24.4. The zero-order chi connectivity index (χ0) is 25.1. The number of methoxy groups -OCH3 is 1. The molecule has 0 spiro atoms. The van der Waals surface area contributed by atoms with E-state index in [9.17, 15) is 19.5 Å². The van der Waals surface area contributed by atoms with Crippen LogP contribution in [0.3, 0.4) is 0 Å². The number of aliphatic hydroxyl groups is 1. The smallest absolute Gasteiger partial charge is 0.340 e. The Morgan fingerprint density at radius 3 is 2.57 bits per heavy atom. The lowest BCUT2D eigenvalue weighted by molar-refractivity contribution is 0.0602. The normalized spacial score (nSPS) is 15.1. The zero-order valence-electron chi connectivity index (χ0n) is 19.4. The van der Waals surface area contributed by atoms with Crippen LogP contribution in [0.4, 0.5) is 11.4 Å². The molecular formula is C27H25ClN2O5. The van der Waals surface area contributed by atoms with Crippen LogP contribution < -0.4 is 10.2 Å². The van der Waals surface area contributed by atoms with Crippen LogP contribution in [0.15, 0.2) is 60.7 Å². The van der Waals surface area contributed by atoms with Crippen molar-refractivity contribution in [2.75, 3.05) is 23.9 Å². The molecule has 180 valence electrons. The van der Waals surface area contributed by atoms with E-state index in [1.165, 1.54) is 19.2 Å². The summed E-state index contributed by atoms with van der Waals surface area (Å²) in [6, 6.07) is 16.6. The molecule has 1 heterocycles. The number of halogens is 1. The highest BCUT2D eigenvalue weighted by Crippen LogP contribution is 2.36. The highest BCUT2D eigenvalue weighted by atomic mass is 35.5. The van der Waals surface area contributed by atoms with Crippen molar-refractivity contribution in [2.45, 2.75) is 25.9 Å². The molecule has 35 heavy (non-hydrogen) atoms. The van der Waals surface area contributed by atoms with Gasteiger partial charge in [-0.25, -0.2) is 4.79 Å². The second-order valence-corrected chi connectivity index (χ2v) is 8.78. The molecule has 0 fully saturated rings. The number of aryl methyl sites for hydroxylation is 1. The van der Waals surface area contributed by atoms with Gasteiger partial charge in [0.2, 0.25) is 0 Å². The third-order valence-electron chi connectivity index (χ3n) is 6.05. The first-order chi connectivity index (χ1) is 16.8. The van der Waals surface area contributed by atoms with Gasteiger partial charge in [-0.1, -0.05) is 29.8 Å². The summed E-state index contributed by atoms with van der Waals surface area (Å²) in [7, 11) is 1.24. The zero-order valence-corrected chi connectivity index (χ0v) is 20.1. The fraction of sp³-hybridized carbons (Fsp3) is 0.222. The summed E-state index contributed by atoms with van der Waals surface area (Å²) in [6.45, 7) is 2.21. The summed E-state index contributed by atoms with van der Waals surface area (Å²) in [4.78, 5) is 40.5. The number of ether oxygens (including phenoxy) is 1. The first-order valence-electron chi connectivity index (χ1n) is 11.2. The van der Waals surface area contributed by atoms with Gasteiger partial charge in [0, 0.05) is 33.9 Å². The minimum Gasteiger partial charge on any atom is -0.465 e. The lowest BCUT2D eigenvalue weighted by atomic mass is 10.0. The quantitative estimate of drug-likeness (QED) is 0.490. The number of hydrogen-bond acceptors (Lipinski definition) is 5. The average molecular weight is 493 g/mol. The molecule has 2 N–H and O–H groups in total. The van der Waals surface area contributed by atoms with Crippen molar-refractivity contribution in [3.8, 4) is 0 Å². The van der Waals surface area contributed by atoms with E-state index in [1.54, 1.807) is 41.3 Å². The number of carbonyl (C=O) groups is 3. The maximum absolute atomic E-state index is 13.5. The minimum absolute atomic E-state index is 0.0615. The second kappa shape index (κ2) is 10.3. The maximum atomic E-state index is 13.5. The summed E-state index contributed by atoms with van der Waals surface area (Å²) < 4.78 is 4.91. The number of hydrogen-bond donors (Lipinski definition) is 2.